The highest BCUT2D eigenvalue weighted by Crippen LogP contribution is 2.25. The third-order valence-corrected chi connectivity index (χ3v) is 2.16. The monoisotopic (exact) mass is 269 g/mol. The fourth-order valence-corrected chi connectivity index (χ4v) is 1.36. The molecule has 0 fully saturated rings. The number of ether oxygens (including phenoxy) is 2. The summed E-state index contributed by atoms with van der Waals surface area (Å²) in [7, 11) is 0. The molecule has 0 unspecified atom stereocenters. The Balaban J connectivity index is 2.62. The van der Waals surface area contributed by atoms with Gasteiger partial charge in [-0.25, -0.2) is 0 Å². The van der Waals surface area contributed by atoms with E-state index in [9.17, 15) is 10.1 Å². The summed E-state index contributed by atoms with van der Waals surface area (Å²) in [5.41, 5.74) is 2.46. The Morgan fingerprint density at radius 1 is 1.32 bits per heavy atom. The van der Waals surface area contributed by atoms with Crippen molar-refractivity contribution in [2.24, 2.45) is 5.84 Å². The maximum absolute atomic E-state index is 10.7. The fraction of sp³-hybridized carbons (Fsp3) is 0.500. The summed E-state index contributed by atoms with van der Waals surface area (Å²) in [6, 6.07) is 4.26. The van der Waals surface area contributed by atoms with Crippen LogP contribution in [0.2, 0.25) is 0 Å². The second kappa shape index (κ2) is 6.35. The topological polar surface area (TPSA) is 99.7 Å². The van der Waals surface area contributed by atoms with Gasteiger partial charge in [0.2, 0.25) is 0 Å². The Hall–Kier alpha value is -1.86. The van der Waals surface area contributed by atoms with Gasteiger partial charge >= 0.3 is 0 Å². The molecule has 0 spiro atoms. The van der Waals surface area contributed by atoms with E-state index in [1.807, 2.05) is 20.8 Å². The van der Waals surface area contributed by atoms with Crippen molar-refractivity contribution in [3.63, 3.8) is 0 Å². The molecule has 7 nitrogen and oxygen atoms in total. The number of nitrogens with two attached hydrogens (primary N) is 1. The van der Waals surface area contributed by atoms with Gasteiger partial charge in [0.1, 0.15) is 12.4 Å². The van der Waals surface area contributed by atoms with Crippen molar-refractivity contribution in [1.29, 1.82) is 0 Å². The fourth-order valence-electron chi connectivity index (χ4n) is 1.36. The number of benzene rings is 1. The van der Waals surface area contributed by atoms with E-state index in [4.69, 9.17) is 15.3 Å². The number of hydrazine groups is 1. The number of hydrogen-bond donors (Lipinski definition) is 2. The smallest absolute Gasteiger partial charge is 0.275 e. The van der Waals surface area contributed by atoms with E-state index in [-0.39, 0.29) is 11.3 Å². The molecule has 1 rings (SSSR count). The zero-order chi connectivity index (χ0) is 14.5. The van der Waals surface area contributed by atoms with Crippen molar-refractivity contribution in [3.8, 4) is 5.75 Å². The van der Waals surface area contributed by atoms with E-state index < -0.39 is 4.92 Å². The molecule has 7 heteroatoms. The van der Waals surface area contributed by atoms with Crippen LogP contribution in [-0.4, -0.2) is 23.7 Å². The maximum atomic E-state index is 10.7. The van der Waals surface area contributed by atoms with Crippen LogP contribution in [0.4, 0.5) is 11.4 Å². The number of nitro groups is 1. The Bertz CT molecular complexity index is 443. The van der Waals surface area contributed by atoms with Crippen molar-refractivity contribution in [3.05, 3.63) is 28.3 Å². The molecule has 1 aromatic rings. The van der Waals surface area contributed by atoms with E-state index in [1.54, 1.807) is 6.07 Å². The van der Waals surface area contributed by atoms with Gasteiger partial charge in [0.05, 0.1) is 28.9 Å². The number of nitrogens with one attached hydrogen (secondary N) is 1. The molecular formula is C12H19N3O4. The van der Waals surface area contributed by atoms with Gasteiger partial charge in [0, 0.05) is 12.1 Å². The predicted octanol–water partition coefficient (Wildman–Crippen LogP) is 2.07. The highest BCUT2D eigenvalue weighted by atomic mass is 16.6. The minimum Gasteiger partial charge on any atom is -0.491 e. The first-order chi connectivity index (χ1) is 8.81. The number of rotatable bonds is 6. The Morgan fingerprint density at radius 2 is 2.00 bits per heavy atom. The number of hydrogen-bond acceptors (Lipinski definition) is 6. The van der Waals surface area contributed by atoms with Crippen molar-refractivity contribution in [1.82, 2.24) is 0 Å². The minimum atomic E-state index is -0.501. The van der Waals surface area contributed by atoms with E-state index in [0.717, 1.165) is 0 Å². The molecular weight excluding hydrogens is 250 g/mol. The van der Waals surface area contributed by atoms with Gasteiger partial charge in [-0.2, -0.15) is 0 Å². The second-order valence-corrected chi connectivity index (χ2v) is 4.93. The number of nitro benzene ring substituents is 1. The summed E-state index contributed by atoms with van der Waals surface area (Å²) in [4.78, 5) is 10.2. The van der Waals surface area contributed by atoms with Crippen LogP contribution in [-0.2, 0) is 4.74 Å². The largest absolute Gasteiger partial charge is 0.491 e. The molecule has 3 N–H and O–H groups in total. The second-order valence-electron chi connectivity index (χ2n) is 4.93. The molecule has 0 aliphatic rings. The van der Waals surface area contributed by atoms with Gasteiger partial charge in [-0.05, 0) is 20.8 Å². The van der Waals surface area contributed by atoms with Crippen LogP contribution in [0.3, 0.4) is 0 Å². The number of non-ortho nitro benzene ring substituents is 1. The molecule has 0 heterocycles. The summed E-state index contributed by atoms with van der Waals surface area (Å²) < 4.78 is 10.9. The molecule has 0 aromatic heterocycles. The lowest BCUT2D eigenvalue weighted by Gasteiger charge is -2.19. The summed E-state index contributed by atoms with van der Waals surface area (Å²) in [5, 5.41) is 10.7. The standard InChI is InChI=1S/C12H19N3O4/c1-12(2,3)19-5-4-18-11-7-9(14-13)6-10(8-11)15(16)17/h6-8,14H,4-5,13H2,1-3H3. The van der Waals surface area contributed by atoms with Gasteiger partial charge in [-0.15, -0.1) is 0 Å². The molecule has 0 aliphatic heterocycles. The zero-order valence-electron chi connectivity index (χ0n) is 11.3. The van der Waals surface area contributed by atoms with E-state index in [0.29, 0.717) is 24.7 Å². The van der Waals surface area contributed by atoms with Crippen LogP contribution in [0.25, 0.3) is 0 Å². The number of anilines is 1. The van der Waals surface area contributed by atoms with Gasteiger partial charge in [0.15, 0.2) is 0 Å². The van der Waals surface area contributed by atoms with Crippen molar-refractivity contribution >= 4 is 11.4 Å². The first-order valence-electron chi connectivity index (χ1n) is 5.85. The van der Waals surface area contributed by atoms with Crippen LogP contribution in [0, 0.1) is 10.1 Å². The quantitative estimate of drug-likeness (QED) is 0.355. The summed E-state index contributed by atoms with van der Waals surface area (Å²) >= 11 is 0. The van der Waals surface area contributed by atoms with Crippen molar-refractivity contribution in [2.45, 2.75) is 26.4 Å². The van der Waals surface area contributed by atoms with Crippen LogP contribution >= 0.6 is 0 Å². The predicted molar refractivity (Wildman–Crippen MR) is 72.1 cm³/mol. The molecule has 0 amide bonds. The van der Waals surface area contributed by atoms with E-state index >= 15 is 0 Å². The van der Waals surface area contributed by atoms with Crippen molar-refractivity contribution < 1.29 is 14.4 Å². The van der Waals surface area contributed by atoms with E-state index in [1.165, 1.54) is 12.1 Å². The van der Waals surface area contributed by atoms with E-state index in [2.05, 4.69) is 5.43 Å². The average Bonchev–Trinajstić information content (AvgIpc) is 2.33. The number of nitrogens with zero attached hydrogens (tertiary/aromatic N) is 1. The molecule has 0 saturated heterocycles. The van der Waals surface area contributed by atoms with Gasteiger partial charge < -0.3 is 14.9 Å². The summed E-state index contributed by atoms with van der Waals surface area (Å²) in [5.74, 6) is 5.62. The zero-order valence-corrected chi connectivity index (χ0v) is 11.3. The highest BCUT2D eigenvalue weighted by molar-refractivity contribution is 5.55. The molecule has 0 atom stereocenters. The lowest BCUT2D eigenvalue weighted by atomic mass is 10.2. The van der Waals surface area contributed by atoms with Crippen LogP contribution in [0.1, 0.15) is 20.8 Å². The number of nitrogen functional groups attached to an aromatic ring is 1. The summed E-state index contributed by atoms with van der Waals surface area (Å²) in [6.45, 7) is 6.53. The lowest BCUT2D eigenvalue weighted by Crippen LogP contribution is -2.22. The molecule has 106 valence electrons. The van der Waals surface area contributed by atoms with Crippen LogP contribution in [0.5, 0.6) is 5.75 Å². The van der Waals surface area contributed by atoms with Gasteiger partial charge in [-0.3, -0.25) is 16.0 Å². The first-order valence-corrected chi connectivity index (χ1v) is 5.85. The lowest BCUT2D eigenvalue weighted by molar-refractivity contribution is -0.384. The maximum Gasteiger partial charge on any atom is 0.275 e. The Kier molecular flexibility index (Phi) is 5.08. The van der Waals surface area contributed by atoms with Crippen molar-refractivity contribution in [2.75, 3.05) is 18.6 Å². The Morgan fingerprint density at radius 3 is 2.53 bits per heavy atom. The molecule has 0 radical (unpaired) electrons. The molecule has 1 aromatic carbocycles. The molecule has 0 saturated carbocycles. The van der Waals surface area contributed by atoms with Gasteiger partial charge in [-0.1, -0.05) is 0 Å². The molecule has 0 aliphatic carbocycles. The highest BCUT2D eigenvalue weighted by Gasteiger charge is 2.12. The normalized spacial score (nSPS) is 11.2. The third kappa shape index (κ3) is 5.54. The SMILES string of the molecule is CC(C)(C)OCCOc1cc(NN)cc([N+](=O)[O-])c1. The third-order valence-electron chi connectivity index (χ3n) is 2.16. The summed E-state index contributed by atoms with van der Waals surface area (Å²) in [6.07, 6.45) is 0. The molecule has 0 bridgehead atoms. The van der Waals surface area contributed by atoms with Crippen LogP contribution in [0.15, 0.2) is 18.2 Å². The average molecular weight is 269 g/mol. The van der Waals surface area contributed by atoms with Gasteiger partial charge in [0.25, 0.3) is 5.69 Å². The Labute approximate surface area is 111 Å². The first kappa shape index (κ1) is 15.2. The molecule has 19 heavy (non-hydrogen) atoms. The minimum absolute atomic E-state index is 0.0813. The van der Waals surface area contributed by atoms with Crippen LogP contribution < -0.4 is 16.0 Å².